The Morgan fingerprint density at radius 2 is 1.54 bits per heavy atom. The second-order valence-corrected chi connectivity index (χ2v) is 9.12. The van der Waals surface area contributed by atoms with E-state index in [2.05, 4.69) is 57.6 Å². The summed E-state index contributed by atoms with van der Waals surface area (Å²) < 4.78 is 0. The van der Waals surface area contributed by atoms with Gasteiger partial charge in [0.1, 0.15) is 0 Å². The zero-order valence-electron chi connectivity index (χ0n) is 20.5. The van der Waals surface area contributed by atoms with Crippen molar-refractivity contribution in [2.24, 2.45) is 0 Å². The number of aliphatic hydroxyl groups excluding tert-OH is 1. The third-order valence-electron chi connectivity index (χ3n) is 6.50. The van der Waals surface area contributed by atoms with Gasteiger partial charge in [-0.2, -0.15) is 0 Å². The second-order valence-electron chi connectivity index (χ2n) is 9.12. The molecule has 0 bridgehead atoms. The molecule has 3 aromatic carbocycles. The maximum atomic E-state index is 12.8. The van der Waals surface area contributed by atoms with E-state index in [9.17, 15) is 9.90 Å². The van der Waals surface area contributed by atoms with Crippen LogP contribution in [0.4, 0.5) is 17.1 Å². The monoisotopic (exact) mass is 472 g/mol. The molecule has 1 saturated heterocycles. The lowest BCUT2D eigenvalue weighted by atomic mass is 10.2. The summed E-state index contributed by atoms with van der Waals surface area (Å²) in [6.45, 7) is 7.59. The van der Waals surface area contributed by atoms with E-state index < -0.39 is 6.10 Å². The number of nitrogens with one attached hydrogen (secondary N) is 1. The highest BCUT2D eigenvalue weighted by atomic mass is 16.3. The number of hydrogen-bond acceptors (Lipinski definition) is 5. The lowest BCUT2D eigenvalue weighted by molar-refractivity contribution is -0.115. The first-order valence-corrected chi connectivity index (χ1v) is 12.5. The molecule has 0 spiro atoms. The van der Waals surface area contributed by atoms with Crippen molar-refractivity contribution in [3.05, 3.63) is 90.5 Å². The molecule has 1 fully saturated rings. The van der Waals surface area contributed by atoms with E-state index in [-0.39, 0.29) is 12.5 Å². The number of rotatable bonds is 10. The maximum Gasteiger partial charge on any atom is 0.243 e. The highest BCUT2D eigenvalue weighted by Crippen LogP contribution is 2.21. The van der Waals surface area contributed by atoms with Crippen LogP contribution in [0.2, 0.25) is 0 Å². The fourth-order valence-electron chi connectivity index (χ4n) is 4.42. The van der Waals surface area contributed by atoms with Crippen LogP contribution in [-0.4, -0.2) is 61.3 Å². The standard InChI is InChI=1S/C29H36N4O2/c1-2-28(34)22-33(26-11-7-4-8-12-26)23-29(35)30-25-13-15-27(16-14-25)32-19-17-31(18-20-32)21-24-9-5-3-6-10-24/h3-16,28,34H,2,17-23H2,1H3,(H,30,35). The first-order chi connectivity index (χ1) is 17.1. The molecule has 35 heavy (non-hydrogen) atoms. The Bertz CT molecular complexity index is 1040. The molecule has 0 saturated carbocycles. The quantitative estimate of drug-likeness (QED) is 0.463. The van der Waals surface area contributed by atoms with E-state index in [1.54, 1.807) is 0 Å². The number of carbonyl (C=O) groups is 1. The lowest BCUT2D eigenvalue weighted by Gasteiger charge is -2.36. The van der Waals surface area contributed by atoms with E-state index in [0.29, 0.717) is 13.0 Å². The van der Waals surface area contributed by atoms with Crippen molar-refractivity contribution in [2.45, 2.75) is 26.0 Å². The van der Waals surface area contributed by atoms with E-state index in [1.165, 1.54) is 11.3 Å². The molecule has 3 aromatic rings. The van der Waals surface area contributed by atoms with Crippen LogP contribution in [0.3, 0.4) is 0 Å². The predicted molar refractivity (Wildman–Crippen MR) is 144 cm³/mol. The summed E-state index contributed by atoms with van der Waals surface area (Å²) in [5.41, 5.74) is 4.25. The number of nitrogens with zero attached hydrogens (tertiary/aromatic N) is 3. The molecule has 1 aliphatic rings. The summed E-state index contributed by atoms with van der Waals surface area (Å²) in [5.74, 6) is -0.0977. The summed E-state index contributed by atoms with van der Waals surface area (Å²) in [5, 5.41) is 13.2. The highest BCUT2D eigenvalue weighted by Gasteiger charge is 2.18. The Kier molecular flexibility index (Phi) is 8.76. The zero-order valence-corrected chi connectivity index (χ0v) is 20.5. The van der Waals surface area contributed by atoms with Crippen LogP contribution in [0.1, 0.15) is 18.9 Å². The number of hydrogen-bond donors (Lipinski definition) is 2. The van der Waals surface area contributed by atoms with E-state index in [4.69, 9.17) is 0 Å². The molecule has 1 aliphatic heterocycles. The molecule has 1 heterocycles. The van der Waals surface area contributed by atoms with Gasteiger partial charge in [-0.1, -0.05) is 55.5 Å². The first kappa shape index (κ1) is 24.8. The van der Waals surface area contributed by atoms with Crippen LogP contribution in [0.25, 0.3) is 0 Å². The molecule has 0 aromatic heterocycles. The van der Waals surface area contributed by atoms with Crippen LogP contribution in [0, 0.1) is 0 Å². The number of para-hydroxylation sites is 1. The Balaban J connectivity index is 1.28. The largest absolute Gasteiger partial charge is 0.391 e. The van der Waals surface area contributed by atoms with Crippen molar-refractivity contribution in [3.63, 3.8) is 0 Å². The fraction of sp³-hybridized carbons (Fsp3) is 0.345. The molecule has 6 nitrogen and oxygen atoms in total. The summed E-state index contributed by atoms with van der Waals surface area (Å²) in [6.07, 6.45) is 0.169. The van der Waals surface area contributed by atoms with Crippen LogP contribution < -0.4 is 15.1 Å². The number of piperazine rings is 1. The van der Waals surface area contributed by atoms with Gasteiger partial charge in [-0.15, -0.1) is 0 Å². The van der Waals surface area contributed by atoms with Crippen LogP contribution in [-0.2, 0) is 11.3 Å². The van der Waals surface area contributed by atoms with Crippen LogP contribution in [0.15, 0.2) is 84.9 Å². The summed E-state index contributed by atoms with van der Waals surface area (Å²) in [6, 6.07) is 28.5. The minimum atomic E-state index is -0.476. The van der Waals surface area contributed by atoms with Crippen LogP contribution in [0.5, 0.6) is 0 Å². The van der Waals surface area contributed by atoms with Gasteiger partial charge in [0.05, 0.1) is 12.6 Å². The number of carbonyl (C=O) groups excluding carboxylic acids is 1. The zero-order chi connectivity index (χ0) is 24.5. The van der Waals surface area contributed by atoms with Gasteiger partial charge >= 0.3 is 0 Å². The van der Waals surface area contributed by atoms with Crippen molar-refractivity contribution in [1.29, 1.82) is 0 Å². The molecule has 0 aliphatic carbocycles. The Morgan fingerprint density at radius 1 is 0.914 bits per heavy atom. The normalized spacial score (nSPS) is 15.0. The van der Waals surface area contributed by atoms with E-state index >= 15 is 0 Å². The van der Waals surface area contributed by atoms with Gasteiger partial charge in [0, 0.05) is 56.3 Å². The van der Waals surface area contributed by atoms with Gasteiger partial charge in [0.15, 0.2) is 0 Å². The van der Waals surface area contributed by atoms with E-state index in [0.717, 1.165) is 44.1 Å². The van der Waals surface area contributed by atoms with Gasteiger partial charge in [-0.3, -0.25) is 9.69 Å². The topological polar surface area (TPSA) is 59.1 Å². The van der Waals surface area contributed by atoms with Crippen molar-refractivity contribution in [2.75, 3.05) is 54.4 Å². The third kappa shape index (κ3) is 7.31. The Hall–Kier alpha value is -3.35. The molecule has 1 amide bonds. The van der Waals surface area contributed by atoms with Gasteiger partial charge in [0.25, 0.3) is 0 Å². The molecule has 0 radical (unpaired) electrons. The molecule has 6 heteroatoms. The van der Waals surface area contributed by atoms with Crippen molar-refractivity contribution < 1.29 is 9.90 Å². The molecular formula is C29H36N4O2. The average Bonchev–Trinajstić information content (AvgIpc) is 2.90. The van der Waals surface area contributed by atoms with Gasteiger partial charge in [0.2, 0.25) is 5.91 Å². The fourth-order valence-corrected chi connectivity index (χ4v) is 4.42. The number of anilines is 3. The molecule has 1 unspecified atom stereocenters. The number of benzene rings is 3. The first-order valence-electron chi connectivity index (χ1n) is 12.5. The summed E-state index contributed by atoms with van der Waals surface area (Å²) in [7, 11) is 0. The lowest BCUT2D eigenvalue weighted by Crippen LogP contribution is -2.45. The van der Waals surface area contributed by atoms with Crippen molar-refractivity contribution in [1.82, 2.24) is 4.90 Å². The molecule has 1 atom stereocenters. The average molecular weight is 473 g/mol. The maximum absolute atomic E-state index is 12.8. The predicted octanol–water partition coefficient (Wildman–Crippen LogP) is 4.22. The molecule has 2 N–H and O–H groups in total. The molecule has 4 rings (SSSR count). The SMILES string of the molecule is CCC(O)CN(CC(=O)Nc1ccc(N2CCN(Cc3ccccc3)CC2)cc1)c1ccccc1. The third-order valence-corrected chi connectivity index (χ3v) is 6.50. The smallest absolute Gasteiger partial charge is 0.243 e. The van der Waals surface area contributed by atoms with Crippen molar-refractivity contribution >= 4 is 23.0 Å². The van der Waals surface area contributed by atoms with Crippen molar-refractivity contribution in [3.8, 4) is 0 Å². The minimum Gasteiger partial charge on any atom is -0.391 e. The van der Waals surface area contributed by atoms with Crippen LogP contribution >= 0.6 is 0 Å². The summed E-state index contributed by atoms with van der Waals surface area (Å²) in [4.78, 5) is 19.6. The highest BCUT2D eigenvalue weighted by molar-refractivity contribution is 5.94. The number of aliphatic hydroxyl groups is 1. The van der Waals surface area contributed by atoms with Gasteiger partial charge < -0.3 is 20.2 Å². The Morgan fingerprint density at radius 3 is 2.17 bits per heavy atom. The van der Waals surface area contributed by atoms with Gasteiger partial charge in [-0.25, -0.2) is 0 Å². The minimum absolute atomic E-state index is 0.0977. The molecular weight excluding hydrogens is 436 g/mol. The summed E-state index contributed by atoms with van der Waals surface area (Å²) >= 11 is 0. The Labute approximate surface area is 208 Å². The second kappa shape index (κ2) is 12.4. The van der Waals surface area contributed by atoms with E-state index in [1.807, 2.05) is 54.3 Å². The van der Waals surface area contributed by atoms with Gasteiger partial charge in [-0.05, 0) is 48.4 Å². The molecule has 184 valence electrons. The number of amides is 1.